The summed E-state index contributed by atoms with van der Waals surface area (Å²) >= 11 is 0. The lowest BCUT2D eigenvalue weighted by Crippen LogP contribution is -2.59. The molecule has 5 atom stereocenters. The molecule has 1 rings (SSSR count). The van der Waals surface area contributed by atoms with Gasteiger partial charge in [-0.1, -0.05) is 25.7 Å². The van der Waals surface area contributed by atoms with Gasteiger partial charge in [-0.2, -0.15) is 0 Å². The largest absolute Gasteiger partial charge is 0.394 e. The number of nitrogens with two attached hydrogens (primary N) is 1. The number of aliphatic hydroxyl groups is 4. The fourth-order valence-corrected chi connectivity index (χ4v) is 2.36. The third kappa shape index (κ3) is 6.15. The van der Waals surface area contributed by atoms with Crippen LogP contribution in [-0.4, -0.2) is 70.9 Å². The number of unbranched alkanes of at least 4 members (excludes halogenated alkanes) is 5. The predicted octanol–water partition coefficient (Wildman–Crippen LogP) is -0.898. The van der Waals surface area contributed by atoms with Crippen molar-refractivity contribution in [1.82, 2.24) is 0 Å². The van der Waals surface area contributed by atoms with Crippen molar-refractivity contribution in [3.05, 3.63) is 0 Å². The molecular formula is C14H29NO6. The van der Waals surface area contributed by atoms with E-state index in [0.29, 0.717) is 6.61 Å². The van der Waals surface area contributed by atoms with E-state index in [-0.39, 0.29) is 0 Å². The fourth-order valence-electron chi connectivity index (χ4n) is 2.36. The monoisotopic (exact) mass is 307 g/mol. The maximum atomic E-state index is 9.77. The third-order valence-corrected chi connectivity index (χ3v) is 3.73. The van der Waals surface area contributed by atoms with Crippen LogP contribution in [0, 0.1) is 0 Å². The van der Waals surface area contributed by atoms with Gasteiger partial charge in [-0.25, -0.2) is 0 Å². The maximum Gasteiger partial charge on any atom is 0.186 e. The van der Waals surface area contributed by atoms with Crippen molar-refractivity contribution >= 4 is 0 Å². The highest BCUT2D eigenvalue weighted by Crippen LogP contribution is 2.22. The van der Waals surface area contributed by atoms with Gasteiger partial charge in [0.25, 0.3) is 0 Å². The van der Waals surface area contributed by atoms with E-state index in [0.717, 1.165) is 45.1 Å². The van der Waals surface area contributed by atoms with Crippen molar-refractivity contribution in [3.8, 4) is 0 Å². The molecule has 7 nitrogen and oxygen atoms in total. The second-order valence-electron chi connectivity index (χ2n) is 5.48. The molecule has 0 amide bonds. The zero-order valence-electron chi connectivity index (χ0n) is 12.4. The van der Waals surface area contributed by atoms with Gasteiger partial charge in [0, 0.05) is 6.61 Å². The van der Waals surface area contributed by atoms with Gasteiger partial charge in [0.05, 0.1) is 6.61 Å². The number of hydrogen-bond donors (Lipinski definition) is 5. The number of hydrogen-bond acceptors (Lipinski definition) is 7. The Hall–Kier alpha value is -0.280. The molecule has 0 aliphatic carbocycles. The molecule has 0 spiro atoms. The lowest BCUT2D eigenvalue weighted by Gasteiger charge is -2.39. The van der Waals surface area contributed by atoms with E-state index in [1.165, 1.54) is 0 Å². The van der Waals surface area contributed by atoms with Gasteiger partial charge < -0.3 is 35.6 Å². The first-order valence-corrected chi connectivity index (χ1v) is 7.74. The standard InChI is InChI=1S/C14H29NO6/c15-7-5-3-1-2-4-6-8-20-14-13(19)12(18)11(17)10(9-16)21-14/h10-14,16-19H,1-9,15H2/t10-,11-,12+,13+,14-/m1/s1. The lowest BCUT2D eigenvalue weighted by atomic mass is 9.99. The van der Waals surface area contributed by atoms with Crippen molar-refractivity contribution in [2.45, 2.75) is 69.2 Å². The number of aliphatic hydroxyl groups excluding tert-OH is 4. The quantitative estimate of drug-likeness (QED) is 0.331. The zero-order chi connectivity index (χ0) is 15.7. The second-order valence-corrected chi connectivity index (χ2v) is 5.48. The first-order chi connectivity index (χ1) is 10.1. The van der Waals surface area contributed by atoms with E-state index in [1.54, 1.807) is 0 Å². The Kier molecular flexibility index (Phi) is 9.34. The Labute approximate surface area is 125 Å². The molecule has 1 aliphatic rings. The Bertz CT molecular complexity index is 266. The highest BCUT2D eigenvalue weighted by molar-refractivity contribution is 4.88. The number of rotatable bonds is 10. The van der Waals surface area contributed by atoms with Crippen LogP contribution in [0.2, 0.25) is 0 Å². The summed E-state index contributed by atoms with van der Waals surface area (Å²) in [6, 6.07) is 0. The Morgan fingerprint density at radius 2 is 1.48 bits per heavy atom. The summed E-state index contributed by atoms with van der Waals surface area (Å²) in [5.74, 6) is 0. The van der Waals surface area contributed by atoms with E-state index in [9.17, 15) is 15.3 Å². The summed E-state index contributed by atoms with van der Waals surface area (Å²) in [7, 11) is 0. The molecule has 0 aromatic carbocycles. The molecule has 1 aliphatic heterocycles. The smallest absolute Gasteiger partial charge is 0.186 e. The molecule has 6 N–H and O–H groups in total. The van der Waals surface area contributed by atoms with Crippen LogP contribution in [0.1, 0.15) is 38.5 Å². The van der Waals surface area contributed by atoms with Gasteiger partial charge in [0.1, 0.15) is 24.4 Å². The summed E-state index contributed by atoms with van der Waals surface area (Å²) in [4.78, 5) is 0. The molecule has 0 unspecified atom stereocenters. The molecule has 126 valence electrons. The van der Waals surface area contributed by atoms with Crippen LogP contribution in [0.5, 0.6) is 0 Å². The first kappa shape index (κ1) is 18.8. The van der Waals surface area contributed by atoms with Crippen molar-refractivity contribution in [2.24, 2.45) is 5.73 Å². The van der Waals surface area contributed by atoms with Gasteiger partial charge in [0.15, 0.2) is 6.29 Å². The average Bonchev–Trinajstić information content (AvgIpc) is 2.49. The summed E-state index contributed by atoms with van der Waals surface area (Å²) < 4.78 is 10.6. The second kappa shape index (κ2) is 10.4. The van der Waals surface area contributed by atoms with Gasteiger partial charge in [0.2, 0.25) is 0 Å². The minimum absolute atomic E-state index is 0.402. The van der Waals surface area contributed by atoms with Gasteiger partial charge >= 0.3 is 0 Å². The van der Waals surface area contributed by atoms with E-state index >= 15 is 0 Å². The fraction of sp³-hybridized carbons (Fsp3) is 1.00. The molecule has 1 heterocycles. The van der Waals surface area contributed by atoms with Crippen LogP contribution in [-0.2, 0) is 9.47 Å². The summed E-state index contributed by atoms with van der Waals surface area (Å²) in [5, 5.41) is 38.1. The van der Waals surface area contributed by atoms with E-state index < -0.39 is 37.3 Å². The molecule has 0 aromatic rings. The topological polar surface area (TPSA) is 125 Å². The zero-order valence-corrected chi connectivity index (χ0v) is 12.4. The SMILES string of the molecule is NCCCCCCCCO[C@@H]1O[C@H](CO)[C@@H](O)[C@H](O)[C@@H]1O. The van der Waals surface area contributed by atoms with Gasteiger partial charge in [-0.3, -0.25) is 0 Å². The van der Waals surface area contributed by atoms with Crippen molar-refractivity contribution < 1.29 is 29.9 Å². The van der Waals surface area contributed by atoms with Gasteiger partial charge in [-0.05, 0) is 19.4 Å². The van der Waals surface area contributed by atoms with E-state index in [4.69, 9.17) is 20.3 Å². The molecule has 7 heteroatoms. The summed E-state index contributed by atoms with van der Waals surface area (Å²) in [6.07, 6.45) is 0.347. The van der Waals surface area contributed by atoms with Crippen LogP contribution in [0.4, 0.5) is 0 Å². The van der Waals surface area contributed by atoms with Crippen molar-refractivity contribution in [1.29, 1.82) is 0 Å². The molecule has 21 heavy (non-hydrogen) atoms. The highest BCUT2D eigenvalue weighted by Gasteiger charge is 2.43. The third-order valence-electron chi connectivity index (χ3n) is 3.73. The molecule has 0 radical (unpaired) electrons. The van der Waals surface area contributed by atoms with E-state index in [2.05, 4.69) is 0 Å². The van der Waals surface area contributed by atoms with Gasteiger partial charge in [-0.15, -0.1) is 0 Å². The van der Waals surface area contributed by atoms with Crippen LogP contribution in [0.25, 0.3) is 0 Å². The Balaban J connectivity index is 2.16. The lowest BCUT2D eigenvalue weighted by molar-refractivity contribution is -0.301. The average molecular weight is 307 g/mol. The van der Waals surface area contributed by atoms with Crippen molar-refractivity contribution in [2.75, 3.05) is 19.8 Å². The predicted molar refractivity (Wildman–Crippen MR) is 76.5 cm³/mol. The maximum absolute atomic E-state index is 9.77. The highest BCUT2D eigenvalue weighted by atomic mass is 16.7. The molecule has 1 saturated heterocycles. The van der Waals surface area contributed by atoms with Crippen molar-refractivity contribution in [3.63, 3.8) is 0 Å². The van der Waals surface area contributed by atoms with E-state index in [1.807, 2.05) is 0 Å². The minimum atomic E-state index is -1.38. The summed E-state index contributed by atoms with van der Waals surface area (Å²) in [6.45, 7) is 0.700. The molecule has 1 fully saturated rings. The first-order valence-electron chi connectivity index (χ1n) is 7.74. The van der Waals surface area contributed by atoms with Crippen LogP contribution < -0.4 is 5.73 Å². The molecule has 0 saturated carbocycles. The Morgan fingerprint density at radius 3 is 2.10 bits per heavy atom. The molecule has 0 bridgehead atoms. The van der Waals surface area contributed by atoms with Crippen LogP contribution >= 0.6 is 0 Å². The normalized spacial score (nSPS) is 33.3. The molecule has 0 aromatic heterocycles. The number of ether oxygens (including phenoxy) is 2. The van der Waals surface area contributed by atoms with Crippen LogP contribution in [0.15, 0.2) is 0 Å². The molecular weight excluding hydrogens is 278 g/mol. The van der Waals surface area contributed by atoms with Crippen LogP contribution in [0.3, 0.4) is 0 Å². The summed E-state index contributed by atoms with van der Waals surface area (Å²) in [5.41, 5.74) is 5.42. The minimum Gasteiger partial charge on any atom is -0.394 e. The Morgan fingerprint density at radius 1 is 0.857 bits per heavy atom.